The van der Waals surface area contributed by atoms with Crippen LogP contribution in [0.15, 0.2) is 36.4 Å². The minimum atomic E-state index is -0.841. The van der Waals surface area contributed by atoms with Crippen molar-refractivity contribution in [2.24, 2.45) is 0 Å². The van der Waals surface area contributed by atoms with Crippen LogP contribution in [0.5, 0.6) is 5.75 Å². The van der Waals surface area contributed by atoms with E-state index in [1.165, 1.54) is 0 Å². The van der Waals surface area contributed by atoms with E-state index in [0.29, 0.717) is 11.3 Å². The van der Waals surface area contributed by atoms with Crippen molar-refractivity contribution in [2.75, 3.05) is 0 Å². The summed E-state index contributed by atoms with van der Waals surface area (Å²) in [5, 5.41) is 0. The molecule has 0 amide bonds. The Morgan fingerprint density at radius 1 is 1.05 bits per heavy atom. The van der Waals surface area contributed by atoms with Gasteiger partial charge in [-0.1, -0.05) is 17.7 Å². The van der Waals surface area contributed by atoms with Gasteiger partial charge in [0, 0.05) is 11.1 Å². The smallest absolute Gasteiger partial charge is 1.00 e. The minimum absolute atomic E-state index is 0. The summed E-state index contributed by atoms with van der Waals surface area (Å²) in [5.74, 6) is 0.489. The Morgan fingerprint density at radius 2 is 1.57 bits per heavy atom. The van der Waals surface area contributed by atoms with Crippen LogP contribution in [0.4, 0.5) is 0 Å². The van der Waals surface area contributed by atoms with E-state index in [1.54, 1.807) is 24.3 Å². The molecule has 0 fully saturated rings. The second-order valence-corrected chi connectivity index (χ2v) is 5.18. The predicted molar refractivity (Wildman–Crippen MR) is 81.3 cm³/mol. The van der Waals surface area contributed by atoms with Gasteiger partial charge in [0.2, 0.25) is 0 Å². The maximum atomic E-state index is 12.6. The SMILES string of the molecule is Cc1cc(C)c(C(=O)c2ccc(O[PH+]=O)cc2)c(C)c1.[H-].[Na+]. The molecular formula is C16H17NaO3P+. The van der Waals surface area contributed by atoms with E-state index in [-0.39, 0.29) is 36.8 Å². The number of carbonyl (C=O) groups is 1. The van der Waals surface area contributed by atoms with E-state index in [2.05, 4.69) is 0 Å². The summed E-state index contributed by atoms with van der Waals surface area (Å²) in [6, 6.07) is 10.7. The Hall–Kier alpha value is -0.990. The summed E-state index contributed by atoms with van der Waals surface area (Å²) in [7, 11) is -0.841. The molecule has 0 N–H and O–H groups in total. The van der Waals surface area contributed by atoms with Crippen molar-refractivity contribution >= 4 is 14.5 Å². The molecule has 3 nitrogen and oxygen atoms in total. The van der Waals surface area contributed by atoms with Crippen molar-refractivity contribution in [3.8, 4) is 5.75 Å². The Bertz CT molecular complexity index is 649. The van der Waals surface area contributed by atoms with Gasteiger partial charge in [-0.3, -0.25) is 9.32 Å². The molecule has 0 bridgehead atoms. The molecule has 2 rings (SSSR count). The fourth-order valence-corrected chi connectivity index (χ4v) is 2.64. The first-order valence-corrected chi connectivity index (χ1v) is 7.11. The molecular weight excluding hydrogens is 294 g/mol. The molecule has 21 heavy (non-hydrogen) atoms. The molecule has 5 heteroatoms. The van der Waals surface area contributed by atoms with Crippen molar-refractivity contribution in [3.05, 3.63) is 64.2 Å². The van der Waals surface area contributed by atoms with Gasteiger partial charge in [0.05, 0.1) is 0 Å². The molecule has 2 aromatic rings. The largest absolute Gasteiger partial charge is 1.00 e. The molecule has 0 aliphatic heterocycles. The molecule has 0 radical (unpaired) electrons. The number of carbonyl (C=O) groups excluding carboxylic acids is 1. The number of aryl methyl sites for hydroxylation is 3. The Kier molecular flexibility index (Phi) is 6.76. The van der Waals surface area contributed by atoms with Gasteiger partial charge in [-0.05, 0) is 60.7 Å². The second-order valence-electron chi connectivity index (χ2n) is 4.81. The average Bonchev–Trinajstić information content (AvgIpc) is 2.38. The Labute approximate surface area is 149 Å². The summed E-state index contributed by atoms with van der Waals surface area (Å²) >= 11 is 0. The van der Waals surface area contributed by atoms with Crippen molar-refractivity contribution < 1.29 is 44.9 Å². The topological polar surface area (TPSA) is 43.4 Å². The Balaban J connectivity index is 0.00000220. The van der Waals surface area contributed by atoms with E-state index in [0.717, 1.165) is 22.3 Å². The summed E-state index contributed by atoms with van der Waals surface area (Å²) in [6.45, 7) is 5.91. The standard InChI is InChI=1S/C16H16O3P.Na.H/c1-10-8-11(2)15(12(3)9-10)16(17)13-4-6-14(7-5-13)19-20-18;;/h4-9,20H,1-3H3;;/q2*+1;-1. The van der Waals surface area contributed by atoms with Crippen LogP contribution < -0.4 is 34.1 Å². The number of hydrogen-bond acceptors (Lipinski definition) is 3. The monoisotopic (exact) mass is 311 g/mol. The van der Waals surface area contributed by atoms with Crippen LogP contribution in [0.1, 0.15) is 34.0 Å². The van der Waals surface area contributed by atoms with Crippen molar-refractivity contribution in [1.29, 1.82) is 0 Å². The third-order valence-corrected chi connectivity index (χ3v) is 3.50. The second kappa shape index (κ2) is 7.86. The molecule has 0 aliphatic rings. The van der Waals surface area contributed by atoms with Gasteiger partial charge < -0.3 is 1.43 Å². The van der Waals surface area contributed by atoms with Crippen molar-refractivity contribution in [3.63, 3.8) is 0 Å². The summed E-state index contributed by atoms with van der Waals surface area (Å²) < 4.78 is 15.3. The zero-order valence-electron chi connectivity index (χ0n) is 13.7. The first-order chi connectivity index (χ1) is 9.52. The molecule has 2 aromatic carbocycles. The van der Waals surface area contributed by atoms with Gasteiger partial charge in [0.15, 0.2) is 11.5 Å². The number of ketones is 1. The fraction of sp³-hybridized carbons (Fsp3) is 0.188. The molecule has 0 aromatic heterocycles. The van der Waals surface area contributed by atoms with Crippen LogP contribution in [0.25, 0.3) is 0 Å². The van der Waals surface area contributed by atoms with Gasteiger partial charge in [-0.2, -0.15) is 0 Å². The van der Waals surface area contributed by atoms with E-state index in [9.17, 15) is 9.36 Å². The molecule has 104 valence electrons. The molecule has 1 unspecified atom stereocenters. The first-order valence-electron chi connectivity index (χ1n) is 6.29. The maximum absolute atomic E-state index is 12.6. The van der Waals surface area contributed by atoms with E-state index in [1.807, 2.05) is 32.9 Å². The van der Waals surface area contributed by atoms with Crippen molar-refractivity contribution in [1.82, 2.24) is 0 Å². The molecule has 0 heterocycles. The summed E-state index contributed by atoms with van der Waals surface area (Å²) in [5.41, 5.74) is 4.45. The zero-order valence-corrected chi connectivity index (χ0v) is 15.7. The van der Waals surface area contributed by atoms with Crippen LogP contribution in [-0.2, 0) is 4.57 Å². The molecule has 0 aliphatic carbocycles. The number of rotatable bonds is 4. The fourth-order valence-electron chi connectivity index (χ4n) is 2.40. The van der Waals surface area contributed by atoms with Gasteiger partial charge >= 0.3 is 38.2 Å². The first kappa shape index (κ1) is 18.1. The maximum Gasteiger partial charge on any atom is 1.00 e. The van der Waals surface area contributed by atoms with Gasteiger partial charge in [0.25, 0.3) is 0 Å². The summed E-state index contributed by atoms with van der Waals surface area (Å²) in [4.78, 5) is 12.6. The van der Waals surface area contributed by atoms with E-state index in [4.69, 9.17) is 4.52 Å². The molecule has 0 saturated heterocycles. The van der Waals surface area contributed by atoms with Gasteiger partial charge in [-0.15, -0.1) is 0 Å². The van der Waals surface area contributed by atoms with Crippen molar-refractivity contribution in [2.45, 2.75) is 20.8 Å². The zero-order chi connectivity index (χ0) is 14.7. The number of benzene rings is 2. The van der Waals surface area contributed by atoms with Crippen LogP contribution in [0, 0.1) is 20.8 Å². The normalized spacial score (nSPS) is 10.0. The van der Waals surface area contributed by atoms with Crippen LogP contribution in [0.2, 0.25) is 0 Å². The quantitative estimate of drug-likeness (QED) is 0.485. The average molecular weight is 311 g/mol. The van der Waals surface area contributed by atoms with Crippen LogP contribution in [-0.4, -0.2) is 5.78 Å². The summed E-state index contributed by atoms with van der Waals surface area (Å²) in [6.07, 6.45) is 0. The predicted octanol–water partition coefficient (Wildman–Crippen LogP) is 1.28. The third-order valence-electron chi connectivity index (χ3n) is 3.18. The van der Waals surface area contributed by atoms with E-state index >= 15 is 0 Å². The van der Waals surface area contributed by atoms with Gasteiger partial charge in [0.1, 0.15) is 0 Å². The molecule has 0 spiro atoms. The van der Waals surface area contributed by atoms with E-state index < -0.39 is 8.69 Å². The number of hydrogen-bond donors (Lipinski definition) is 0. The van der Waals surface area contributed by atoms with Crippen LogP contribution in [0.3, 0.4) is 0 Å². The van der Waals surface area contributed by atoms with Gasteiger partial charge in [-0.25, -0.2) is 0 Å². The molecule has 0 saturated carbocycles. The molecule has 1 atom stereocenters. The Morgan fingerprint density at radius 3 is 2.05 bits per heavy atom. The minimum Gasteiger partial charge on any atom is -1.00 e. The third kappa shape index (κ3) is 4.24. The van der Waals surface area contributed by atoms with Crippen LogP contribution >= 0.6 is 8.69 Å².